The minimum absolute atomic E-state index is 0. The highest BCUT2D eigenvalue weighted by molar-refractivity contribution is 14.0. The second kappa shape index (κ2) is 12.2. The highest BCUT2D eigenvalue weighted by Gasteiger charge is 2.28. The van der Waals surface area contributed by atoms with Gasteiger partial charge in [0.25, 0.3) is 0 Å². The van der Waals surface area contributed by atoms with Gasteiger partial charge in [0.1, 0.15) is 0 Å². The van der Waals surface area contributed by atoms with E-state index in [0.29, 0.717) is 12.6 Å². The van der Waals surface area contributed by atoms with E-state index in [-0.39, 0.29) is 36.4 Å². The molecule has 1 heterocycles. The van der Waals surface area contributed by atoms with Crippen LogP contribution in [0, 0.1) is 0 Å². The smallest absolute Gasteiger partial charge is 0.241 e. The predicted molar refractivity (Wildman–Crippen MR) is 123 cm³/mol. The molecule has 1 saturated heterocycles. The molecule has 0 aliphatic carbocycles. The van der Waals surface area contributed by atoms with Crippen molar-refractivity contribution in [1.82, 2.24) is 20.0 Å². The van der Waals surface area contributed by atoms with Gasteiger partial charge in [-0.3, -0.25) is 9.69 Å². The minimum Gasteiger partial charge on any atom is -0.347 e. The van der Waals surface area contributed by atoms with Gasteiger partial charge in [0.05, 0.1) is 13.1 Å². The fourth-order valence-electron chi connectivity index (χ4n) is 3.30. The summed E-state index contributed by atoms with van der Waals surface area (Å²) in [5.41, 5.74) is 1.17. The van der Waals surface area contributed by atoms with Crippen molar-refractivity contribution in [3.63, 3.8) is 0 Å². The molecule has 1 fully saturated rings. The molecule has 0 bridgehead atoms. The first-order valence-electron chi connectivity index (χ1n) is 9.56. The quantitative estimate of drug-likeness (QED) is 0.364. The van der Waals surface area contributed by atoms with Crippen LogP contribution in [-0.2, 0) is 11.3 Å². The molecule has 2 rings (SSSR count). The summed E-state index contributed by atoms with van der Waals surface area (Å²) in [6.07, 6.45) is 1.13. The van der Waals surface area contributed by atoms with Crippen LogP contribution in [0.5, 0.6) is 0 Å². The molecule has 1 atom stereocenters. The van der Waals surface area contributed by atoms with Crippen molar-refractivity contribution < 1.29 is 4.79 Å². The Hall–Kier alpha value is -1.35. The molecule has 1 N–H and O–H groups in total. The summed E-state index contributed by atoms with van der Waals surface area (Å²) in [6, 6.07) is 10.8. The van der Waals surface area contributed by atoms with E-state index in [9.17, 15) is 4.79 Å². The maximum atomic E-state index is 12.0. The van der Waals surface area contributed by atoms with Crippen molar-refractivity contribution in [3.05, 3.63) is 35.9 Å². The number of likely N-dealkylation sites (tertiary alicyclic amines) is 1. The number of aliphatic imine (C=N–C) groups is 1. The van der Waals surface area contributed by atoms with Crippen molar-refractivity contribution in [2.45, 2.75) is 32.9 Å². The average Bonchev–Trinajstić information content (AvgIpc) is 3.13. The van der Waals surface area contributed by atoms with Crippen LogP contribution in [0.15, 0.2) is 35.3 Å². The standard InChI is InChI=1S/C20H33N5O.HI/c1-5-24(6-2)18-12-13-25(16-18)20(22-15-19(26)23(3)4)21-14-17-10-8-7-9-11-17;/h7-11,18H,5-6,12-16H2,1-4H3,(H,21,22);1H. The summed E-state index contributed by atoms with van der Waals surface area (Å²) in [5.74, 6) is 0.885. The third-order valence-corrected chi connectivity index (χ3v) is 4.94. The number of rotatable bonds is 7. The molecule has 6 nitrogen and oxygen atoms in total. The van der Waals surface area contributed by atoms with Crippen LogP contribution in [0.3, 0.4) is 0 Å². The molecule has 0 spiro atoms. The predicted octanol–water partition coefficient (Wildman–Crippen LogP) is 2.25. The number of carbonyl (C=O) groups is 1. The first-order valence-corrected chi connectivity index (χ1v) is 9.56. The van der Waals surface area contributed by atoms with Gasteiger partial charge in [-0.25, -0.2) is 4.99 Å². The molecule has 1 unspecified atom stereocenters. The van der Waals surface area contributed by atoms with E-state index in [2.05, 4.69) is 41.1 Å². The van der Waals surface area contributed by atoms with Crippen molar-refractivity contribution in [2.24, 2.45) is 4.99 Å². The largest absolute Gasteiger partial charge is 0.347 e. The number of hydrogen-bond acceptors (Lipinski definition) is 3. The maximum absolute atomic E-state index is 12.0. The summed E-state index contributed by atoms with van der Waals surface area (Å²) in [4.78, 5) is 23.2. The third-order valence-electron chi connectivity index (χ3n) is 4.94. The topological polar surface area (TPSA) is 51.2 Å². The SMILES string of the molecule is CCN(CC)C1CCN(C(=NCc2ccccc2)NCC(=O)N(C)C)C1.I. The highest BCUT2D eigenvalue weighted by Crippen LogP contribution is 2.16. The lowest BCUT2D eigenvalue weighted by molar-refractivity contribution is -0.127. The number of carbonyl (C=O) groups excluding carboxylic acids is 1. The van der Waals surface area contributed by atoms with E-state index in [1.165, 1.54) is 5.56 Å². The monoisotopic (exact) mass is 487 g/mol. The number of benzene rings is 1. The molecule has 0 aromatic heterocycles. The summed E-state index contributed by atoms with van der Waals surface area (Å²) < 4.78 is 0. The summed E-state index contributed by atoms with van der Waals surface area (Å²) in [7, 11) is 3.55. The Morgan fingerprint density at radius 1 is 1.22 bits per heavy atom. The molecular weight excluding hydrogens is 453 g/mol. The van der Waals surface area contributed by atoms with Gasteiger partial charge in [0.15, 0.2) is 5.96 Å². The Morgan fingerprint density at radius 2 is 1.89 bits per heavy atom. The normalized spacial score (nSPS) is 17.0. The van der Waals surface area contributed by atoms with Crippen molar-refractivity contribution in [1.29, 1.82) is 0 Å². The second-order valence-corrected chi connectivity index (χ2v) is 6.88. The molecule has 1 aliphatic heterocycles. The Labute approximate surface area is 181 Å². The fraction of sp³-hybridized carbons (Fsp3) is 0.600. The second-order valence-electron chi connectivity index (χ2n) is 6.88. The Morgan fingerprint density at radius 3 is 2.48 bits per heavy atom. The minimum atomic E-state index is 0. The number of guanidine groups is 1. The average molecular weight is 487 g/mol. The third kappa shape index (κ3) is 7.29. The fourth-order valence-corrected chi connectivity index (χ4v) is 3.30. The lowest BCUT2D eigenvalue weighted by Gasteiger charge is -2.27. The first-order chi connectivity index (χ1) is 12.5. The lowest BCUT2D eigenvalue weighted by Crippen LogP contribution is -2.46. The van der Waals surface area contributed by atoms with E-state index < -0.39 is 0 Å². The van der Waals surface area contributed by atoms with Crippen LogP contribution >= 0.6 is 24.0 Å². The van der Waals surface area contributed by atoms with Gasteiger partial charge in [-0.05, 0) is 25.1 Å². The molecule has 1 aliphatic rings. The number of halogens is 1. The molecule has 1 amide bonds. The Bertz CT molecular complexity index is 589. The van der Waals surface area contributed by atoms with E-state index in [1.807, 2.05) is 18.2 Å². The van der Waals surface area contributed by atoms with Crippen LogP contribution in [0.1, 0.15) is 25.8 Å². The van der Waals surface area contributed by atoms with Crippen molar-refractivity contribution in [2.75, 3.05) is 46.8 Å². The van der Waals surface area contributed by atoms with Gasteiger partial charge in [-0.2, -0.15) is 0 Å². The lowest BCUT2D eigenvalue weighted by atomic mass is 10.2. The number of hydrogen-bond donors (Lipinski definition) is 1. The Kier molecular flexibility index (Phi) is 10.7. The van der Waals surface area contributed by atoms with E-state index >= 15 is 0 Å². The van der Waals surface area contributed by atoms with Crippen LogP contribution in [0.25, 0.3) is 0 Å². The van der Waals surface area contributed by atoms with Crippen LogP contribution in [0.4, 0.5) is 0 Å². The van der Waals surface area contributed by atoms with E-state index in [1.54, 1.807) is 19.0 Å². The number of nitrogens with one attached hydrogen (secondary N) is 1. The summed E-state index contributed by atoms with van der Waals surface area (Å²) in [6.45, 7) is 9.38. The van der Waals surface area contributed by atoms with Gasteiger partial charge in [-0.1, -0.05) is 44.2 Å². The zero-order chi connectivity index (χ0) is 18.9. The highest BCUT2D eigenvalue weighted by atomic mass is 127. The molecule has 27 heavy (non-hydrogen) atoms. The number of nitrogens with zero attached hydrogens (tertiary/aromatic N) is 4. The zero-order valence-electron chi connectivity index (χ0n) is 17.0. The molecular formula is C20H34IN5O. The molecule has 152 valence electrons. The van der Waals surface area contributed by atoms with Gasteiger partial charge >= 0.3 is 0 Å². The molecule has 1 aromatic carbocycles. The molecule has 1 aromatic rings. The maximum Gasteiger partial charge on any atom is 0.241 e. The summed E-state index contributed by atoms with van der Waals surface area (Å²) in [5, 5.41) is 3.27. The van der Waals surface area contributed by atoms with Gasteiger partial charge in [0, 0.05) is 33.2 Å². The molecule has 0 saturated carbocycles. The molecule has 0 radical (unpaired) electrons. The van der Waals surface area contributed by atoms with E-state index in [4.69, 9.17) is 4.99 Å². The summed E-state index contributed by atoms with van der Waals surface area (Å²) >= 11 is 0. The number of amides is 1. The van der Waals surface area contributed by atoms with Gasteiger partial charge < -0.3 is 15.1 Å². The van der Waals surface area contributed by atoms with Crippen LogP contribution < -0.4 is 5.32 Å². The Balaban J connectivity index is 0.00000364. The van der Waals surface area contributed by atoms with Crippen LogP contribution in [-0.4, -0.2) is 79.4 Å². The van der Waals surface area contributed by atoms with Gasteiger partial charge in [-0.15, -0.1) is 24.0 Å². The van der Waals surface area contributed by atoms with E-state index in [0.717, 1.165) is 38.6 Å². The van der Waals surface area contributed by atoms with Crippen molar-refractivity contribution >= 4 is 35.8 Å². The molecule has 7 heteroatoms. The van der Waals surface area contributed by atoms with Gasteiger partial charge in [0.2, 0.25) is 5.91 Å². The van der Waals surface area contributed by atoms with Crippen LogP contribution in [0.2, 0.25) is 0 Å². The van der Waals surface area contributed by atoms with Crippen molar-refractivity contribution in [3.8, 4) is 0 Å². The number of likely N-dealkylation sites (N-methyl/N-ethyl adjacent to an activating group) is 2. The zero-order valence-corrected chi connectivity index (χ0v) is 19.3. The first kappa shape index (κ1) is 23.7.